The summed E-state index contributed by atoms with van der Waals surface area (Å²) in [5.41, 5.74) is 1.60. The van der Waals surface area contributed by atoms with Crippen molar-refractivity contribution in [3.05, 3.63) is 48.4 Å². The van der Waals surface area contributed by atoms with Crippen molar-refractivity contribution in [1.82, 2.24) is 10.1 Å². The number of benzene rings is 2. The van der Waals surface area contributed by atoms with Gasteiger partial charge in [-0.25, -0.2) is 0 Å². The maximum atomic E-state index is 12.6. The fourth-order valence-corrected chi connectivity index (χ4v) is 3.58. The first-order chi connectivity index (χ1) is 14.2. The van der Waals surface area contributed by atoms with Crippen molar-refractivity contribution in [3.8, 4) is 28.6 Å². The second-order valence-corrected chi connectivity index (χ2v) is 6.92. The van der Waals surface area contributed by atoms with Crippen molar-refractivity contribution in [2.45, 2.75) is 12.3 Å². The summed E-state index contributed by atoms with van der Waals surface area (Å²) in [6, 6.07) is 13.0. The minimum atomic E-state index is -0.157. The Kier molecular flexibility index (Phi) is 4.31. The van der Waals surface area contributed by atoms with Gasteiger partial charge in [-0.05, 0) is 36.4 Å². The molecule has 29 heavy (non-hydrogen) atoms. The summed E-state index contributed by atoms with van der Waals surface area (Å²) >= 11 is 0. The number of rotatable bonds is 4. The number of anilines is 1. The molecule has 1 amide bonds. The van der Waals surface area contributed by atoms with Crippen LogP contribution in [0.5, 0.6) is 17.2 Å². The molecule has 3 heterocycles. The Labute approximate surface area is 167 Å². The number of carbonyl (C=O) groups excluding carboxylic acids is 1. The van der Waals surface area contributed by atoms with E-state index in [1.165, 1.54) is 0 Å². The molecule has 1 saturated heterocycles. The fourth-order valence-electron chi connectivity index (χ4n) is 3.58. The predicted octanol–water partition coefficient (Wildman–Crippen LogP) is 3.04. The van der Waals surface area contributed by atoms with Gasteiger partial charge in [0.15, 0.2) is 11.5 Å². The molecule has 1 aromatic heterocycles. The van der Waals surface area contributed by atoms with E-state index in [2.05, 4.69) is 10.1 Å². The van der Waals surface area contributed by atoms with E-state index in [4.69, 9.17) is 18.7 Å². The Morgan fingerprint density at radius 3 is 2.66 bits per heavy atom. The molecule has 2 aliphatic heterocycles. The number of hydrogen-bond donors (Lipinski definition) is 0. The molecule has 5 rings (SSSR count). The Bertz CT molecular complexity index is 1050. The first kappa shape index (κ1) is 17.5. The summed E-state index contributed by atoms with van der Waals surface area (Å²) in [5, 5.41) is 4.07. The average molecular weight is 393 g/mol. The maximum Gasteiger partial charge on any atom is 0.232 e. The number of aromatic nitrogens is 2. The van der Waals surface area contributed by atoms with Crippen LogP contribution in [0.3, 0.4) is 0 Å². The van der Waals surface area contributed by atoms with Gasteiger partial charge in [-0.3, -0.25) is 4.79 Å². The number of methoxy groups -OCH3 is 1. The lowest BCUT2D eigenvalue weighted by Gasteiger charge is -2.22. The highest BCUT2D eigenvalue weighted by Gasteiger charge is 2.35. The molecule has 0 saturated carbocycles. The molecule has 8 heteroatoms. The first-order valence-electron chi connectivity index (χ1n) is 9.39. The minimum Gasteiger partial charge on any atom is -0.497 e. The predicted molar refractivity (Wildman–Crippen MR) is 103 cm³/mol. The van der Waals surface area contributed by atoms with Crippen LogP contribution in [-0.4, -0.2) is 42.9 Å². The standard InChI is InChI=1S/C21H19N3O5/c1-26-16-5-2-13(3-6-16)20-22-21(29-23-20)14-10-19(25)24(12-14)15-4-7-17-18(11-15)28-9-8-27-17/h2-7,11,14H,8-10,12H2,1H3. The van der Waals surface area contributed by atoms with Crippen molar-refractivity contribution >= 4 is 11.6 Å². The molecule has 1 unspecified atom stereocenters. The van der Waals surface area contributed by atoms with Crippen LogP contribution in [0.25, 0.3) is 11.4 Å². The minimum absolute atomic E-state index is 0.0101. The highest BCUT2D eigenvalue weighted by atomic mass is 16.6. The van der Waals surface area contributed by atoms with Crippen LogP contribution in [0.1, 0.15) is 18.2 Å². The summed E-state index contributed by atoms with van der Waals surface area (Å²) in [5.74, 6) is 2.92. The third-order valence-electron chi connectivity index (χ3n) is 5.10. The van der Waals surface area contributed by atoms with Crippen molar-refractivity contribution < 1.29 is 23.5 Å². The molecule has 3 aromatic rings. The Hall–Kier alpha value is -3.55. The van der Waals surface area contributed by atoms with Gasteiger partial charge in [-0.2, -0.15) is 4.98 Å². The zero-order valence-electron chi connectivity index (χ0n) is 15.8. The van der Waals surface area contributed by atoms with E-state index in [1.807, 2.05) is 42.5 Å². The average Bonchev–Trinajstić information content (AvgIpc) is 3.40. The summed E-state index contributed by atoms with van der Waals surface area (Å²) in [6.07, 6.45) is 0.318. The zero-order chi connectivity index (χ0) is 19.8. The van der Waals surface area contributed by atoms with Crippen LogP contribution >= 0.6 is 0 Å². The van der Waals surface area contributed by atoms with E-state index in [9.17, 15) is 4.79 Å². The quantitative estimate of drug-likeness (QED) is 0.673. The van der Waals surface area contributed by atoms with E-state index in [1.54, 1.807) is 12.0 Å². The van der Waals surface area contributed by atoms with Crippen LogP contribution in [0.4, 0.5) is 5.69 Å². The van der Waals surface area contributed by atoms with Crippen molar-refractivity contribution in [1.29, 1.82) is 0 Å². The van der Waals surface area contributed by atoms with Gasteiger partial charge >= 0.3 is 0 Å². The van der Waals surface area contributed by atoms with Gasteiger partial charge in [0.2, 0.25) is 17.6 Å². The van der Waals surface area contributed by atoms with Crippen molar-refractivity contribution in [3.63, 3.8) is 0 Å². The Balaban J connectivity index is 1.34. The van der Waals surface area contributed by atoms with Gasteiger partial charge in [-0.15, -0.1) is 0 Å². The molecule has 2 aromatic carbocycles. The molecule has 0 aliphatic carbocycles. The normalized spacial score (nSPS) is 18.2. The van der Waals surface area contributed by atoms with E-state index in [0.717, 1.165) is 17.0 Å². The molecule has 0 radical (unpaired) electrons. The van der Waals surface area contributed by atoms with Gasteiger partial charge in [-0.1, -0.05) is 5.16 Å². The third kappa shape index (κ3) is 3.26. The van der Waals surface area contributed by atoms with Gasteiger partial charge in [0.25, 0.3) is 0 Å². The molecule has 8 nitrogen and oxygen atoms in total. The molecule has 0 bridgehead atoms. The maximum absolute atomic E-state index is 12.6. The molecule has 0 spiro atoms. The number of carbonyl (C=O) groups is 1. The molecule has 1 fully saturated rings. The van der Waals surface area contributed by atoms with Crippen molar-refractivity contribution in [2.75, 3.05) is 31.8 Å². The Morgan fingerprint density at radius 2 is 1.86 bits per heavy atom. The monoisotopic (exact) mass is 393 g/mol. The SMILES string of the molecule is COc1ccc(-c2noc(C3CC(=O)N(c4ccc5c(c4)OCCO5)C3)n2)cc1. The van der Waals surface area contributed by atoms with Gasteiger partial charge < -0.3 is 23.6 Å². The van der Waals surface area contributed by atoms with E-state index in [0.29, 0.717) is 49.4 Å². The van der Waals surface area contributed by atoms with Crippen LogP contribution in [0.15, 0.2) is 47.0 Å². The van der Waals surface area contributed by atoms with Gasteiger partial charge in [0.05, 0.1) is 13.0 Å². The van der Waals surface area contributed by atoms with Crippen molar-refractivity contribution in [2.24, 2.45) is 0 Å². The lowest BCUT2D eigenvalue weighted by molar-refractivity contribution is -0.117. The molecular formula is C21H19N3O5. The molecule has 148 valence electrons. The lowest BCUT2D eigenvalue weighted by atomic mass is 10.1. The second-order valence-electron chi connectivity index (χ2n) is 6.92. The van der Waals surface area contributed by atoms with Gasteiger partial charge in [0.1, 0.15) is 19.0 Å². The molecule has 1 atom stereocenters. The topological polar surface area (TPSA) is 86.9 Å². The summed E-state index contributed by atoms with van der Waals surface area (Å²) < 4.78 is 21.8. The number of fused-ring (bicyclic) bond motifs is 1. The molecular weight excluding hydrogens is 374 g/mol. The largest absolute Gasteiger partial charge is 0.497 e. The molecule has 0 N–H and O–H groups in total. The molecule has 2 aliphatic rings. The zero-order valence-corrected chi connectivity index (χ0v) is 15.8. The van der Waals surface area contributed by atoms with E-state index >= 15 is 0 Å². The van der Waals surface area contributed by atoms with Crippen LogP contribution in [0.2, 0.25) is 0 Å². The first-order valence-corrected chi connectivity index (χ1v) is 9.39. The number of ether oxygens (including phenoxy) is 3. The second kappa shape index (κ2) is 7.12. The summed E-state index contributed by atoms with van der Waals surface area (Å²) in [7, 11) is 1.62. The highest BCUT2D eigenvalue weighted by molar-refractivity contribution is 5.96. The van der Waals surface area contributed by atoms with Crippen LogP contribution in [0, 0.1) is 0 Å². The van der Waals surface area contributed by atoms with E-state index in [-0.39, 0.29) is 11.8 Å². The Morgan fingerprint density at radius 1 is 1.07 bits per heavy atom. The smallest absolute Gasteiger partial charge is 0.232 e. The fraction of sp³-hybridized carbons (Fsp3) is 0.286. The number of nitrogens with zero attached hydrogens (tertiary/aromatic N) is 3. The van der Waals surface area contributed by atoms with Crippen LogP contribution < -0.4 is 19.1 Å². The number of hydrogen-bond acceptors (Lipinski definition) is 7. The number of amides is 1. The van der Waals surface area contributed by atoms with Gasteiger partial charge in [0, 0.05) is 30.3 Å². The summed E-state index contributed by atoms with van der Waals surface area (Å²) in [6.45, 7) is 1.51. The van der Waals surface area contributed by atoms with E-state index < -0.39 is 0 Å². The highest BCUT2D eigenvalue weighted by Crippen LogP contribution is 2.37. The van der Waals surface area contributed by atoms with Crippen LogP contribution in [-0.2, 0) is 4.79 Å². The lowest BCUT2D eigenvalue weighted by Crippen LogP contribution is -2.24. The summed E-state index contributed by atoms with van der Waals surface area (Å²) in [4.78, 5) is 18.9. The third-order valence-corrected chi connectivity index (χ3v) is 5.10.